The molecule has 1 atom stereocenters. The minimum atomic E-state index is -0.261. The van der Waals surface area contributed by atoms with E-state index in [2.05, 4.69) is 10.5 Å². The van der Waals surface area contributed by atoms with Gasteiger partial charge in [0.05, 0.1) is 19.0 Å². The van der Waals surface area contributed by atoms with Crippen molar-refractivity contribution in [1.29, 1.82) is 0 Å². The fourth-order valence-electron chi connectivity index (χ4n) is 3.11. The number of rotatable bonds is 5. The third kappa shape index (κ3) is 2.79. The number of benzene rings is 1. The van der Waals surface area contributed by atoms with E-state index in [1.54, 1.807) is 18.0 Å². The van der Waals surface area contributed by atoms with Crippen molar-refractivity contribution in [2.24, 2.45) is 0 Å². The topological polar surface area (TPSA) is 75.4 Å². The number of fused-ring (bicyclic) bond motifs is 1. The maximum atomic E-state index is 12.5. The van der Waals surface area contributed by atoms with Crippen molar-refractivity contribution < 1.29 is 14.1 Å². The van der Waals surface area contributed by atoms with Crippen LogP contribution in [0.1, 0.15) is 58.6 Å². The summed E-state index contributed by atoms with van der Waals surface area (Å²) in [5.74, 6) is 1.28. The van der Waals surface area contributed by atoms with E-state index in [-0.39, 0.29) is 24.3 Å². The maximum absolute atomic E-state index is 12.5. The van der Waals surface area contributed by atoms with E-state index in [0.29, 0.717) is 18.0 Å². The molecule has 1 aromatic carbocycles. The van der Waals surface area contributed by atoms with E-state index < -0.39 is 0 Å². The Hall–Kier alpha value is -2.63. The van der Waals surface area contributed by atoms with E-state index in [1.807, 2.05) is 24.3 Å². The fraction of sp³-hybridized carbons (Fsp3) is 0.389. The fourth-order valence-corrected chi connectivity index (χ4v) is 3.11. The van der Waals surface area contributed by atoms with Gasteiger partial charge in [0, 0.05) is 24.6 Å². The molecule has 1 aliphatic carbocycles. The first kappa shape index (κ1) is 14.9. The van der Waals surface area contributed by atoms with Gasteiger partial charge in [-0.15, -0.1) is 0 Å². The monoisotopic (exact) mass is 325 g/mol. The molecule has 0 saturated heterocycles. The molecule has 1 aromatic heterocycles. The van der Waals surface area contributed by atoms with Crippen LogP contribution >= 0.6 is 0 Å². The minimum Gasteiger partial charge on any atom is -0.361 e. The van der Waals surface area contributed by atoms with Crippen LogP contribution in [0.25, 0.3) is 0 Å². The van der Waals surface area contributed by atoms with Gasteiger partial charge in [0.25, 0.3) is 5.91 Å². The number of hydrogen-bond donors (Lipinski definition) is 1. The number of aromatic nitrogens is 1. The highest BCUT2D eigenvalue weighted by molar-refractivity contribution is 5.99. The van der Waals surface area contributed by atoms with Gasteiger partial charge in [0.15, 0.2) is 0 Å². The summed E-state index contributed by atoms with van der Waals surface area (Å²) in [6.07, 6.45) is 2.56. The number of carbonyl (C=O) groups is 2. The molecule has 1 N–H and O–H groups in total. The maximum Gasteiger partial charge on any atom is 0.252 e. The number of nitrogens with zero attached hydrogens (tertiary/aromatic N) is 2. The first-order valence-corrected chi connectivity index (χ1v) is 8.21. The lowest BCUT2D eigenvalue weighted by Crippen LogP contribution is -2.30. The Morgan fingerprint density at radius 1 is 1.38 bits per heavy atom. The van der Waals surface area contributed by atoms with Gasteiger partial charge in [-0.05, 0) is 24.5 Å². The molecule has 1 fully saturated rings. The molecule has 6 heteroatoms. The van der Waals surface area contributed by atoms with Gasteiger partial charge in [-0.1, -0.05) is 23.4 Å². The van der Waals surface area contributed by atoms with Crippen LogP contribution in [-0.4, -0.2) is 28.9 Å². The SMILES string of the molecule is CN(Cc1cc(C2CC2)on1)C(=O)C[C@H]1NC(=O)c2ccccc21. The van der Waals surface area contributed by atoms with Gasteiger partial charge in [0.1, 0.15) is 11.5 Å². The Morgan fingerprint density at radius 2 is 2.17 bits per heavy atom. The molecule has 24 heavy (non-hydrogen) atoms. The average Bonchev–Trinajstić information content (AvgIpc) is 3.25. The summed E-state index contributed by atoms with van der Waals surface area (Å²) in [6, 6.07) is 9.07. The van der Waals surface area contributed by atoms with Crippen molar-refractivity contribution in [2.75, 3.05) is 7.05 Å². The van der Waals surface area contributed by atoms with Crippen molar-refractivity contribution >= 4 is 11.8 Å². The van der Waals surface area contributed by atoms with Crippen LogP contribution in [0.4, 0.5) is 0 Å². The minimum absolute atomic E-state index is 0.0343. The summed E-state index contributed by atoms with van der Waals surface area (Å²) >= 11 is 0. The highest BCUT2D eigenvalue weighted by Gasteiger charge is 2.31. The van der Waals surface area contributed by atoms with Gasteiger partial charge in [-0.3, -0.25) is 9.59 Å². The van der Waals surface area contributed by atoms with Crippen LogP contribution in [0.5, 0.6) is 0 Å². The van der Waals surface area contributed by atoms with Crippen LogP contribution in [0.15, 0.2) is 34.9 Å². The molecule has 0 spiro atoms. The first-order valence-electron chi connectivity index (χ1n) is 8.21. The number of hydrogen-bond acceptors (Lipinski definition) is 4. The van der Waals surface area contributed by atoms with Gasteiger partial charge in [-0.2, -0.15) is 0 Å². The predicted molar refractivity (Wildman–Crippen MR) is 86.2 cm³/mol. The summed E-state index contributed by atoms with van der Waals surface area (Å²) in [7, 11) is 1.75. The molecule has 0 bridgehead atoms. The van der Waals surface area contributed by atoms with Crippen LogP contribution in [0.3, 0.4) is 0 Å². The Balaban J connectivity index is 1.39. The molecule has 2 amide bonds. The van der Waals surface area contributed by atoms with Crippen LogP contribution < -0.4 is 5.32 Å². The smallest absolute Gasteiger partial charge is 0.252 e. The Morgan fingerprint density at radius 3 is 2.96 bits per heavy atom. The zero-order valence-electron chi connectivity index (χ0n) is 13.5. The normalized spacial score (nSPS) is 19.0. The van der Waals surface area contributed by atoms with E-state index in [4.69, 9.17) is 4.52 Å². The molecule has 6 nitrogen and oxygen atoms in total. The molecular weight excluding hydrogens is 306 g/mol. The van der Waals surface area contributed by atoms with Crippen molar-refractivity contribution in [1.82, 2.24) is 15.4 Å². The number of amides is 2. The summed E-state index contributed by atoms with van der Waals surface area (Å²) in [6.45, 7) is 0.414. The second-order valence-corrected chi connectivity index (χ2v) is 6.56. The Labute approximate surface area is 139 Å². The summed E-state index contributed by atoms with van der Waals surface area (Å²) in [5.41, 5.74) is 2.31. The first-order chi connectivity index (χ1) is 11.6. The van der Waals surface area contributed by atoms with Gasteiger partial charge in [0.2, 0.25) is 5.91 Å². The molecule has 1 saturated carbocycles. The highest BCUT2D eigenvalue weighted by atomic mass is 16.5. The molecule has 1 aliphatic heterocycles. The molecule has 2 aliphatic rings. The lowest BCUT2D eigenvalue weighted by atomic mass is 10.0. The van der Waals surface area contributed by atoms with Crippen molar-refractivity contribution in [3.63, 3.8) is 0 Å². The van der Waals surface area contributed by atoms with Gasteiger partial charge >= 0.3 is 0 Å². The molecule has 2 heterocycles. The number of carbonyl (C=O) groups excluding carboxylic acids is 2. The van der Waals surface area contributed by atoms with E-state index in [9.17, 15) is 9.59 Å². The standard InChI is InChI=1S/C18H19N3O3/c1-21(10-12-8-16(24-20-12)11-6-7-11)17(22)9-15-13-4-2-3-5-14(13)18(23)19-15/h2-5,8,11,15H,6-7,9-10H2,1H3,(H,19,23)/t15-/m1/s1. The highest BCUT2D eigenvalue weighted by Crippen LogP contribution is 2.40. The van der Waals surface area contributed by atoms with Crippen molar-refractivity contribution in [3.05, 3.63) is 52.9 Å². The lowest BCUT2D eigenvalue weighted by Gasteiger charge is -2.18. The van der Waals surface area contributed by atoms with Crippen molar-refractivity contribution in [3.8, 4) is 0 Å². The van der Waals surface area contributed by atoms with Gasteiger partial charge in [-0.25, -0.2) is 0 Å². The quantitative estimate of drug-likeness (QED) is 0.916. The molecule has 0 unspecified atom stereocenters. The van der Waals surface area contributed by atoms with Crippen LogP contribution in [0.2, 0.25) is 0 Å². The lowest BCUT2D eigenvalue weighted by molar-refractivity contribution is -0.131. The molecule has 4 rings (SSSR count). The third-order valence-corrected chi connectivity index (χ3v) is 4.65. The van der Waals surface area contributed by atoms with E-state index >= 15 is 0 Å². The zero-order valence-corrected chi connectivity index (χ0v) is 13.5. The molecule has 2 aromatic rings. The molecular formula is C18H19N3O3. The second-order valence-electron chi connectivity index (χ2n) is 6.56. The summed E-state index contributed by atoms with van der Waals surface area (Å²) < 4.78 is 5.32. The van der Waals surface area contributed by atoms with Crippen molar-refractivity contribution in [2.45, 2.75) is 37.8 Å². The third-order valence-electron chi connectivity index (χ3n) is 4.65. The van der Waals surface area contributed by atoms with E-state index in [1.165, 1.54) is 0 Å². The van der Waals surface area contributed by atoms with Crippen LogP contribution in [0, 0.1) is 0 Å². The Kier molecular flexibility index (Phi) is 3.59. The second kappa shape index (κ2) is 5.78. The summed E-state index contributed by atoms with van der Waals surface area (Å²) in [5, 5.41) is 6.92. The van der Waals surface area contributed by atoms with Crippen LogP contribution in [-0.2, 0) is 11.3 Å². The largest absolute Gasteiger partial charge is 0.361 e. The summed E-state index contributed by atoms with van der Waals surface area (Å²) in [4.78, 5) is 26.0. The zero-order chi connectivity index (χ0) is 16.7. The van der Waals surface area contributed by atoms with Gasteiger partial charge < -0.3 is 14.7 Å². The van der Waals surface area contributed by atoms with E-state index in [0.717, 1.165) is 29.9 Å². The Bertz CT molecular complexity index is 794. The molecule has 124 valence electrons. The predicted octanol–water partition coefficient (Wildman–Crippen LogP) is 2.39. The molecule has 0 radical (unpaired) electrons. The number of nitrogens with one attached hydrogen (secondary N) is 1. The average molecular weight is 325 g/mol.